The Bertz CT molecular complexity index is 420. The molecule has 21 heavy (non-hydrogen) atoms. The molecule has 1 fully saturated rings. The Hall–Kier alpha value is -0.883. The van der Waals surface area contributed by atoms with E-state index in [2.05, 4.69) is 0 Å². The number of carbonyl (C=O) groups is 2. The molecule has 0 radical (unpaired) electrons. The van der Waals surface area contributed by atoms with Gasteiger partial charge < -0.3 is 9.53 Å². The number of hydrogen-bond acceptors (Lipinski definition) is 4. The van der Waals surface area contributed by atoms with Crippen LogP contribution in [0.2, 0.25) is 18.1 Å². The van der Waals surface area contributed by atoms with Crippen molar-refractivity contribution in [2.45, 2.75) is 71.2 Å². The zero-order valence-electron chi connectivity index (χ0n) is 14.3. The number of amides is 2. The van der Waals surface area contributed by atoms with Crippen molar-refractivity contribution in [1.29, 1.82) is 0 Å². The summed E-state index contributed by atoms with van der Waals surface area (Å²) >= 11 is 0. The predicted octanol–water partition coefficient (Wildman–Crippen LogP) is 3.14. The third-order valence-corrected chi connectivity index (χ3v) is 7.79. The van der Waals surface area contributed by atoms with E-state index in [1.54, 1.807) is 20.8 Å². The summed E-state index contributed by atoms with van der Waals surface area (Å²) in [4.78, 5) is 35.6. The predicted molar refractivity (Wildman–Crippen MR) is 84.4 cm³/mol. The van der Waals surface area contributed by atoms with Crippen LogP contribution in [0.1, 0.15) is 47.5 Å². The number of nitrogens with zero attached hydrogens (tertiary/aromatic N) is 1. The molecule has 0 aromatic carbocycles. The molecule has 1 aliphatic heterocycles. The van der Waals surface area contributed by atoms with Gasteiger partial charge in [0.25, 0.3) is 0 Å². The molecule has 0 bridgehead atoms. The molecule has 6 heteroatoms. The summed E-state index contributed by atoms with van der Waals surface area (Å²) in [5.74, 6) is -0.0820. The fourth-order valence-corrected chi connectivity index (χ4v) is 3.17. The SMILES string of the molecule is CC(C)(C)OC(=O)N1C[C@H](CC(C)(C)[Si](C)(C)O)CC1=O. The minimum absolute atomic E-state index is 0.0962. The second-order valence-electron chi connectivity index (χ2n) is 8.20. The Morgan fingerprint density at radius 1 is 1.33 bits per heavy atom. The fraction of sp³-hybridized carbons (Fsp3) is 0.867. The first-order valence-corrected chi connectivity index (χ1v) is 10.4. The average molecular weight is 315 g/mol. The second-order valence-corrected chi connectivity index (χ2v) is 12.7. The Balaban J connectivity index is 2.69. The van der Waals surface area contributed by atoms with Crippen molar-refractivity contribution in [2.24, 2.45) is 5.92 Å². The topological polar surface area (TPSA) is 66.8 Å². The molecule has 0 aromatic heterocycles. The first kappa shape index (κ1) is 18.2. The van der Waals surface area contributed by atoms with Gasteiger partial charge in [-0.3, -0.25) is 4.79 Å². The van der Waals surface area contributed by atoms with Crippen molar-refractivity contribution in [3.05, 3.63) is 0 Å². The molecule has 0 unspecified atom stereocenters. The number of rotatable bonds is 3. The van der Waals surface area contributed by atoms with Crippen molar-refractivity contribution < 1.29 is 19.1 Å². The lowest BCUT2D eigenvalue weighted by atomic mass is 9.95. The van der Waals surface area contributed by atoms with E-state index in [-0.39, 0.29) is 16.9 Å². The van der Waals surface area contributed by atoms with Crippen molar-refractivity contribution in [3.8, 4) is 0 Å². The van der Waals surface area contributed by atoms with Gasteiger partial charge in [-0.15, -0.1) is 0 Å². The average Bonchev–Trinajstić information content (AvgIpc) is 2.54. The van der Waals surface area contributed by atoms with E-state index in [4.69, 9.17) is 4.74 Å². The molecule has 2 amide bonds. The summed E-state index contributed by atoms with van der Waals surface area (Å²) < 4.78 is 5.26. The van der Waals surface area contributed by atoms with Crippen LogP contribution < -0.4 is 0 Å². The van der Waals surface area contributed by atoms with Gasteiger partial charge in [0, 0.05) is 13.0 Å². The molecule has 122 valence electrons. The van der Waals surface area contributed by atoms with Crippen LogP contribution in [0, 0.1) is 5.92 Å². The molecule has 5 nitrogen and oxygen atoms in total. The lowest BCUT2D eigenvalue weighted by molar-refractivity contribution is -0.127. The summed E-state index contributed by atoms with van der Waals surface area (Å²) in [7, 11) is -2.31. The maximum absolute atomic E-state index is 12.0. The molecule has 1 N–H and O–H groups in total. The van der Waals surface area contributed by atoms with Crippen molar-refractivity contribution in [2.75, 3.05) is 6.54 Å². The molecule has 1 aliphatic rings. The van der Waals surface area contributed by atoms with Crippen LogP contribution in [0.15, 0.2) is 0 Å². The van der Waals surface area contributed by atoms with Crippen LogP contribution >= 0.6 is 0 Å². The molecule has 1 rings (SSSR count). The van der Waals surface area contributed by atoms with E-state index >= 15 is 0 Å². The maximum Gasteiger partial charge on any atom is 0.417 e. The minimum atomic E-state index is -2.31. The molecular weight excluding hydrogens is 286 g/mol. The van der Waals surface area contributed by atoms with Crippen molar-refractivity contribution in [3.63, 3.8) is 0 Å². The van der Waals surface area contributed by atoms with E-state index < -0.39 is 20.0 Å². The van der Waals surface area contributed by atoms with E-state index in [1.807, 2.05) is 26.9 Å². The summed E-state index contributed by atoms with van der Waals surface area (Å²) in [6.45, 7) is 13.6. The number of ether oxygens (including phenoxy) is 1. The molecule has 1 atom stereocenters. The first-order valence-electron chi connectivity index (χ1n) is 7.49. The molecule has 0 aliphatic carbocycles. The molecule has 1 heterocycles. The quantitative estimate of drug-likeness (QED) is 0.813. The summed E-state index contributed by atoms with van der Waals surface area (Å²) in [5.41, 5.74) is -0.602. The number of carbonyl (C=O) groups excluding carboxylic acids is 2. The third kappa shape index (κ3) is 4.81. The van der Waals surface area contributed by atoms with Crippen LogP contribution in [0.5, 0.6) is 0 Å². The Morgan fingerprint density at radius 2 is 1.86 bits per heavy atom. The second kappa shape index (κ2) is 5.72. The van der Waals surface area contributed by atoms with Crippen LogP contribution in [-0.4, -0.2) is 42.2 Å². The highest BCUT2D eigenvalue weighted by Gasteiger charge is 2.44. The van der Waals surface area contributed by atoms with Crippen LogP contribution in [0.25, 0.3) is 0 Å². The summed E-state index contributed by atoms with van der Waals surface area (Å²) in [6, 6.07) is 0. The smallest absolute Gasteiger partial charge is 0.417 e. The van der Waals surface area contributed by atoms with Gasteiger partial charge in [0.15, 0.2) is 8.32 Å². The van der Waals surface area contributed by atoms with E-state index in [9.17, 15) is 14.4 Å². The normalized spacial score (nSPS) is 20.9. The first-order chi connectivity index (χ1) is 9.23. The highest BCUT2D eigenvalue weighted by atomic mass is 28.4. The van der Waals surface area contributed by atoms with Gasteiger partial charge in [-0.25, -0.2) is 9.69 Å². The highest BCUT2D eigenvalue weighted by Crippen LogP contribution is 2.43. The molecular formula is C15H29NO4Si. The Morgan fingerprint density at radius 3 is 2.29 bits per heavy atom. The Kier molecular flexibility index (Phi) is 4.95. The van der Waals surface area contributed by atoms with E-state index in [0.29, 0.717) is 13.0 Å². The molecule has 0 aromatic rings. The minimum Gasteiger partial charge on any atom is -0.443 e. The number of hydrogen-bond donors (Lipinski definition) is 1. The maximum atomic E-state index is 12.0. The molecule has 0 saturated carbocycles. The van der Waals surface area contributed by atoms with Gasteiger partial charge in [0.1, 0.15) is 5.60 Å². The van der Waals surface area contributed by atoms with Gasteiger partial charge in [-0.1, -0.05) is 13.8 Å². The fourth-order valence-electron chi connectivity index (χ4n) is 2.38. The van der Waals surface area contributed by atoms with Gasteiger partial charge in [0.05, 0.1) is 0 Å². The van der Waals surface area contributed by atoms with Crippen LogP contribution in [-0.2, 0) is 9.53 Å². The zero-order chi connectivity index (χ0) is 16.6. The summed E-state index contributed by atoms with van der Waals surface area (Å²) in [6.07, 6.45) is 0.536. The van der Waals surface area contributed by atoms with E-state index in [1.165, 1.54) is 4.90 Å². The van der Waals surface area contributed by atoms with Gasteiger partial charge >= 0.3 is 6.09 Å². The van der Waals surface area contributed by atoms with Gasteiger partial charge in [-0.2, -0.15) is 0 Å². The Labute approximate surface area is 128 Å². The standard InChI is InChI=1S/C15H29NO4Si/c1-14(2,3)20-13(18)16-10-11(8-12(16)17)9-15(4,5)21(6,7)19/h11,19H,8-10H2,1-7H3/t11-/m0/s1. The lowest BCUT2D eigenvalue weighted by Gasteiger charge is -2.36. The van der Waals surface area contributed by atoms with Crippen molar-refractivity contribution >= 4 is 20.3 Å². The molecule has 1 saturated heterocycles. The zero-order valence-corrected chi connectivity index (χ0v) is 15.3. The highest BCUT2D eigenvalue weighted by molar-refractivity contribution is 6.72. The van der Waals surface area contributed by atoms with Gasteiger partial charge in [-0.05, 0) is 51.2 Å². The summed E-state index contributed by atoms with van der Waals surface area (Å²) in [5, 5.41) is -0.193. The third-order valence-electron chi connectivity index (χ3n) is 4.27. The lowest BCUT2D eigenvalue weighted by Crippen LogP contribution is -2.41. The molecule has 0 spiro atoms. The monoisotopic (exact) mass is 315 g/mol. The largest absolute Gasteiger partial charge is 0.443 e. The van der Waals surface area contributed by atoms with Crippen molar-refractivity contribution in [1.82, 2.24) is 4.90 Å². The number of likely N-dealkylation sites (tertiary alicyclic amines) is 1. The van der Waals surface area contributed by atoms with Crippen LogP contribution in [0.3, 0.4) is 0 Å². The van der Waals surface area contributed by atoms with Crippen LogP contribution in [0.4, 0.5) is 4.79 Å². The van der Waals surface area contributed by atoms with Gasteiger partial charge in [0.2, 0.25) is 5.91 Å². The van der Waals surface area contributed by atoms with E-state index in [0.717, 1.165) is 6.42 Å². The number of imide groups is 1.